The van der Waals surface area contributed by atoms with Crippen LogP contribution in [0.4, 0.5) is 5.69 Å². The molecule has 0 bridgehead atoms. The zero-order valence-corrected chi connectivity index (χ0v) is 17.2. The first-order valence-corrected chi connectivity index (χ1v) is 10.4. The maximum Gasteiger partial charge on any atom is 0.264 e. The van der Waals surface area contributed by atoms with Crippen molar-refractivity contribution in [2.45, 2.75) is 32.6 Å². The summed E-state index contributed by atoms with van der Waals surface area (Å²) in [6.07, 6.45) is 0. The lowest BCUT2D eigenvalue weighted by molar-refractivity contribution is 0.591. The minimum Gasteiger partial charge on any atom is -0.268 e. The Morgan fingerprint density at radius 2 is 1.79 bits per heavy atom. The average Bonchev–Trinajstić information content (AvgIpc) is 2.65. The average molecular weight is 398 g/mol. The van der Waals surface area contributed by atoms with Gasteiger partial charge < -0.3 is 0 Å². The topological polar surface area (TPSA) is 83.1 Å². The van der Waals surface area contributed by atoms with Gasteiger partial charge in [-0.15, -0.1) is 0 Å². The summed E-state index contributed by atoms with van der Waals surface area (Å²) in [6.45, 7) is 7.73. The molecule has 0 aliphatic rings. The highest BCUT2D eigenvalue weighted by Crippen LogP contribution is 2.31. The fourth-order valence-corrected chi connectivity index (χ4v) is 4.93. The van der Waals surface area contributed by atoms with Crippen LogP contribution >= 0.6 is 0 Å². The number of anilines is 1. The zero-order chi connectivity index (χ0) is 20.5. The molecule has 2 aromatic carbocycles. The Kier molecular flexibility index (Phi) is 5.38. The third-order valence-corrected chi connectivity index (χ3v) is 6.77. The molecule has 0 saturated carbocycles. The summed E-state index contributed by atoms with van der Waals surface area (Å²) < 4.78 is 28.5. The first kappa shape index (κ1) is 19.8. The van der Waals surface area contributed by atoms with Gasteiger partial charge in [0.1, 0.15) is 0 Å². The second kappa shape index (κ2) is 7.59. The van der Waals surface area contributed by atoms with E-state index in [0.29, 0.717) is 29.1 Å². The molecule has 0 spiro atoms. The van der Waals surface area contributed by atoms with Crippen LogP contribution in [0.15, 0.2) is 58.2 Å². The minimum absolute atomic E-state index is 0.235. The minimum atomic E-state index is -3.78. The molecule has 0 radical (unpaired) electrons. The summed E-state index contributed by atoms with van der Waals surface area (Å²) in [5.41, 5.74) is 3.99. The standard InChI is InChI=1S/C21H23N3O3S/c1-5-24(18-8-6-7-14(2)11-18)28(26,27)20-13-17(12-15(3)16(20)4)19-9-10-21(25)23-22-19/h6-13H,5H2,1-4H3,(H,23,25). The molecular formula is C21H23N3O3S. The van der Waals surface area contributed by atoms with E-state index in [0.717, 1.165) is 11.1 Å². The fourth-order valence-electron chi connectivity index (χ4n) is 3.14. The summed E-state index contributed by atoms with van der Waals surface area (Å²) in [5.74, 6) is 0. The number of H-pyrrole nitrogens is 1. The molecule has 0 atom stereocenters. The number of rotatable bonds is 5. The summed E-state index contributed by atoms with van der Waals surface area (Å²) >= 11 is 0. The molecule has 1 aromatic heterocycles. The normalized spacial score (nSPS) is 11.4. The summed E-state index contributed by atoms with van der Waals surface area (Å²) in [6, 6.07) is 13.9. The van der Waals surface area contributed by atoms with Crippen LogP contribution in [0, 0.1) is 20.8 Å². The molecule has 0 aliphatic carbocycles. The van der Waals surface area contributed by atoms with Gasteiger partial charge in [-0.1, -0.05) is 12.1 Å². The Balaban J connectivity index is 2.17. The van der Waals surface area contributed by atoms with Crippen LogP contribution in [0.2, 0.25) is 0 Å². The lowest BCUT2D eigenvalue weighted by Crippen LogP contribution is -2.31. The molecule has 1 heterocycles. The van der Waals surface area contributed by atoms with Gasteiger partial charge in [0.15, 0.2) is 0 Å². The van der Waals surface area contributed by atoms with Gasteiger partial charge in [-0.25, -0.2) is 13.5 Å². The predicted molar refractivity (Wildman–Crippen MR) is 111 cm³/mol. The Hall–Kier alpha value is -2.93. The van der Waals surface area contributed by atoms with Gasteiger partial charge in [0.2, 0.25) is 0 Å². The third kappa shape index (κ3) is 3.71. The van der Waals surface area contributed by atoms with E-state index in [1.165, 1.54) is 10.4 Å². The van der Waals surface area contributed by atoms with Crippen molar-refractivity contribution in [1.29, 1.82) is 0 Å². The molecule has 0 saturated heterocycles. The highest BCUT2D eigenvalue weighted by molar-refractivity contribution is 7.92. The molecule has 6 nitrogen and oxygen atoms in total. The molecule has 0 unspecified atom stereocenters. The Labute approximate surface area is 164 Å². The van der Waals surface area contributed by atoms with Crippen molar-refractivity contribution in [1.82, 2.24) is 10.2 Å². The van der Waals surface area contributed by atoms with Crippen molar-refractivity contribution < 1.29 is 8.42 Å². The van der Waals surface area contributed by atoms with Gasteiger partial charge >= 0.3 is 0 Å². The van der Waals surface area contributed by atoms with Gasteiger partial charge in [-0.2, -0.15) is 5.10 Å². The summed E-state index contributed by atoms with van der Waals surface area (Å²) in [5, 5.41) is 6.42. The first-order valence-electron chi connectivity index (χ1n) is 9.01. The number of nitrogens with zero attached hydrogens (tertiary/aromatic N) is 2. The second-order valence-corrected chi connectivity index (χ2v) is 8.56. The molecule has 7 heteroatoms. The Bertz CT molecular complexity index is 1160. The number of hydrogen-bond acceptors (Lipinski definition) is 4. The number of aryl methyl sites for hydroxylation is 2. The Morgan fingerprint density at radius 3 is 2.39 bits per heavy atom. The van der Waals surface area contributed by atoms with E-state index in [4.69, 9.17) is 0 Å². The molecular weight excluding hydrogens is 374 g/mol. The van der Waals surface area contributed by atoms with Crippen molar-refractivity contribution in [3.8, 4) is 11.3 Å². The maximum absolute atomic E-state index is 13.5. The van der Waals surface area contributed by atoms with Crippen LogP contribution in [0.3, 0.4) is 0 Å². The van der Waals surface area contributed by atoms with E-state index in [1.807, 2.05) is 45.0 Å². The molecule has 28 heavy (non-hydrogen) atoms. The van der Waals surface area contributed by atoms with Crippen LogP contribution in [0.25, 0.3) is 11.3 Å². The fraction of sp³-hybridized carbons (Fsp3) is 0.238. The number of nitrogens with one attached hydrogen (secondary N) is 1. The van der Waals surface area contributed by atoms with Crippen molar-refractivity contribution >= 4 is 15.7 Å². The quantitative estimate of drug-likeness (QED) is 0.713. The van der Waals surface area contributed by atoms with E-state index in [9.17, 15) is 13.2 Å². The molecule has 146 valence electrons. The lowest BCUT2D eigenvalue weighted by atomic mass is 10.0. The van der Waals surface area contributed by atoms with E-state index in [2.05, 4.69) is 10.2 Å². The number of hydrogen-bond donors (Lipinski definition) is 1. The highest BCUT2D eigenvalue weighted by Gasteiger charge is 2.27. The van der Waals surface area contributed by atoms with Crippen molar-refractivity contribution in [2.24, 2.45) is 0 Å². The van der Waals surface area contributed by atoms with E-state index in [-0.39, 0.29) is 10.5 Å². The van der Waals surface area contributed by atoms with E-state index < -0.39 is 10.0 Å². The van der Waals surface area contributed by atoms with Crippen LogP contribution in [-0.2, 0) is 10.0 Å². The van der Waals surface area contributed by atoms with E-state index >= 15 is 0 Å². The molecule has 0 fully saturated rings. The second-order valence-electron chi connectivity index (χ2n) is 6.73. The Morgan fingerprint density at radius 1 is 1.04 bits per heavy atom. The van der Waals surface area contributed by atoms with Crippen molar-refractivity contribution in [3.05, 3.63) is 75.6 Å². The monoisotopic (exact) mass is 397 g/mol. The number of sulfonamides is 1. The molecule has 0 aliphatic heterocycles. The van der Waals surface area contributed by atoms with Crippen LogP contribution in [0.1, 0.15) is 23.6 Å². The first-order chi connectivity index (χ1) is 13.2. The van der Waals surface area contributed by atoms with Crippen LogP contribution in [-0.4, -0.2) is 25.2 Å². The molecule has 3 aromatic rings. The van der Waals surface area contributed by atoms with Crippen molar-refractivity contribution in [2.75, 3.05) is 10.8 Å². The van der Waals surface area contributed by atoms with Gasteiger partial charge in [-0.3, -0.25) is 9.10 Å². The largest absolute Gasteiger partial charge is 0.268 e. The van der Waals surface area contributed by atoms with Crippen LogP contribution in [0.5, 0.6) is 0 Å². The summed E-state index contributed by atoms with van der Waals surface area (Å²) in [7, 11) is -3.78. The van der Waals surface area contributed by atoms with E-state index in [1.54, 1.807) is 25.1 Å². The maximum atomic E-state index is 13.5. The highest BCUT2D eigenvalue weighted by atomic mass is 32.2. The number of benzene rings is 2. The van der Waals surface area contributed by atoms with Gasteiger partial charge in [-0.05, 0) is 74.7 Å². The number of aromatic amines is 1. The zero-order valence-electron chi connectivity index (χ0n) is 16.4. The van der Waals surface area contributed by atoms with Crippen LogP contribution < -0.4 is 9.86 Å². The van der Waals surface area contributed by atoms with Gasteiger partial charge in [0, 0.05) is 18.2 Å². The predicted octanol–water partition coefficient (Wildman–Crippen LogP) is 3.58. The lowest BCUT2D eigenvalue weighted by Gasteiger charge is -2.25. The van der Waals surface area contributed by atoms with Crippen molar-refractivity contribution in [3.63, 3.8) is 0 Å². The molecule has 0 amide bonds. The van der Waals surface area contributed by atoms with Gasteiger partial charge in [0.25, 0.3) is 15.6 Å². The SMILES string of the molecule is CCN(c1cccc(C)c1)S(=O)(=O)c1cc(-c2ccc(=O)[nH]n2)cc(C)c1C. The summed E-state index contributed by atoms with van der Waals surface area (Å²) in [4.78, 5) is 11.5. The third-order valence-electron chi connectivity index (χ3n) is 4.74. The number of aromatic nitrogens is 2. The molecule has 3 rings (SSSR count). The molecule has 1 N–H and O–H groups in total. The van der Waals surface area contributed by atoms with Gasteiger partial charge in [0.05, 0.1) is 16.3 Å². The smallest absolute Gasteiger partial charge is 0.264 e.